The Hall–Kier alpha value is -3.23. The Morgan fingerprint density at radius 2 is 1.85 bits per heavy atom. The number of amides is 1. The highest BCUT2D eigenvalue weighted by Crippen LogP contribution is 2.25. The molecule has 4 rings (SSSR count). The number of carbonyl (C=O) groups excluding carboxylic acids is 1. The molecule has 1 fully saturated rings. The van der Waals surface area contributed by atoms with Crippen LogP contribution in [0, 0.1) is 0 Å². The Labute approximate surface area is 156 Å². The SMILES string of the molecule is CC(=O)N1CCCN(c2nc3nonc3nc2NCc2ccccc2)CC1. The summed E-state index contributed by atoms with van der Waals surface area (Å²) in [6.07, 6.45) is 0.870. The zero-order chi connectivity index (χ0) is 18.6. The van der Waals surface area contributed by atoms with Gasteiger partial charge in [0.05, 0.1) is 0 Å². The van der Waals surface area contributed by atoms with Crippen LogP contribution < -0.4 is 10.2 Å². The van der Waals surface area contributed by atoms with Crippen molar-refractivity contribution in [1.29, 1.82) is 0 Å². The molecule has 1 aliphatic rings. The highest BCUT2D eigenvalue weighted by atomic mass is 16.6. The molecule has 1 aliphatic heterocycles. The predicted octanol–water partition coefficient (Wildman–Crippen LogP) is 1.68. The molecule has 0 unspecified atom stereocenters. The number of anilines is 2. The smallest absolute Gasteiger partial charge is 0.245 e. The van der Waals surface area contributed by atoms with Crippen LogP contribution in [0.2, 0.25) is 0 Å². The van der Waals surface area contributed by atoms with Crippen molar-refractivity contribution >= 4 is 28.8 Å². The molecule has 3 aromatic rings. The largest absolute Gasteiger partial charge is 0.363 e. The quantitative estimate of drug-likeness (QED) is 0.743. The number of rotatable bonds is 4. The highest BCUT2D eigenvalue weighted by Gasteiger charge is 2.22. The Balaban J connectivity index is 1.61. The molecule has 3 heterocycles. The van der Waals surface area contributed by atoms with E-state index in [-0.39, 0.29) is 5.91 Å². The van der Waals surface area contributed by atoms with Gasteiger partial charge in [0.25, 0.3) is 0 Å². The number of fused-ring (bicyclic) bond motifs is 1. The summed E-state index contributed by atoms with van der Waals surface area (Å²) in [6.45, 7) is 5.10. The number of benzene rings is 1. The third kappa shape index (κ3) is 3.81. The van der Waals surface area contributed by atoms with Crippen molar-refractivity contribution < 1.29 is 9.42 Å². The molecule has 1 saturated heterocycles. The van der Waals surface area contributed by atoms with Gasteiger partial charge in [-0.25, -0.2) is 14.6 Å². The number of hydrogen-bond acceptors (Lipinski definition) is 8. The van der Waals surface area contributed by atoms with Crippen LogP contribution in [-0.2, 0) is 11.3 Å². The molecular weight excluding hydrogens is 346 g/mol. The van der Waals surface area contributed by atoms with E-state index in [4.69, 9.17) is 4.63 Å². The molecule has 0 aliphatic carbocycles. The summed E-state index contributed by atoms with van der Waals surface area (Å²) in [5.41, 5.74) is 1.89. The van der Waals surface area contributed by atoms with Gasteiger partial charge >= 0.3 is 0 Å². The average Bonchev–Trinajstić information content (AvgIpc) is 2.99. The number of hydrogen-bond donors (Lipinski definition) is 1. The summed E-state index contributed by atoms with van der Waals surface area (Å²) in [5.74, 6) is 1.44. The van der Waals surface area contributed by atoms with Gasteiger partial charge in [0, 0.05) is 39.6 Å². The van der Waals surface area contributed by atoms with Crippen molar-refractivity contribution in [3.8, 4) is 0 Å². The summed E-state index contributed by atoms with van der Waals surface area (Å²) < 4.78 is 4.77. The zero-order valence-corrected chi connectivity index (χ0v) is 15.1. The molecule has 0 bridgehead atoms. The fourth-order valence-corrected chi connectivity index (χ4v) is 3.19. The Morgan fingerprint density at radius 3 is 2.63 bits per heavy atom. The summed E-state index contributed by atoms with van der Waals surface area (Å²) >= 11 is 0. The van der Waals surface area contributed by atoms with Crippen LogP contribution in [0.4, 0.5) is 11.6 Å². The van der Waals surface area contributed by atoms with Crippen molar-refractivity contribution in [2.24, 2.45) is 0 Å². The Bertz CT molecular complexity index is 928. The molecule has 140 valence electrons. The third-order valence-corrected chi connectivity index (χ3v) is 4.64. The molecule has 0 atom stereocenters. The first kappa shape index (κ1) is 17.2. The van der Waals surface area contributed by atoms with Crippen LogP contribution in [0.1, 0.15) is 18.9 Å². The molecule has 1 amide bonds. The van der Waals surface area contributed by atoms with E-state index in [0.717, 1.165) is 25.1 Å². The minimum absolute atomic E-state index is 0.0986. The van der Waals surface area contributed by atoms with Gasteiger partial charge in [-0.05, 0) is 22.3 Å². The first-order chi connectivity index (χ1) is 13.2. The normalized spacial score (nSPS) is 15.0. The van der Waals surface area contributed by atoms with Gasteiger partial charge in [0.2, 0.25) is 17.2 Å². The van der Waals surface area contributed by atoms with Crippen molar-refractivity contribution in [2.75, 3.05) is 36.4 Å². The maximum absolute atomic E-state index is 11.7. The van der Waals surface area contributed by atoms with Crippen molar-refractivity contribution in [1.82, 2.24) is 25.2 Å². The summed E-state index contributed by atoms with van der Waals surface area (Å²) in [4.78, 5) is 24.9. The van der Waals surface area contributed by atoms with Crippen LogP contribution >= 0.6 is 0 Å². The Morgan fingerprint density at radius 1 is 1.07 bits per heavy atom. The van der Waals surface area contributed by atoms with E-state index in [1.807, 2.05) is 35.2 Å². The second-order valence-corrected chi connectivity index (χ2v) is 6.49. The number of nitrogens with one attached hydrogen (secondary N) is 1. The van der Waals surface area contributed by atoms with Gasteiger partial charge in [0.15, 0.2) is 11.6 Å². The van der Waals surface area contributed by atoms with E-state index >= 15 is 0 Å². The molecule has 1 aromatic carbocycles. The maximum atomic E-state index is 11.7. The molecular formula is C18H21N7O2. The summed E-state index contributed by atoms with van der Waals surface area (Å²) in [7, 11) is 0. The third-order valence-electron chi connectivity index (χ3n) is 4.64. The van der Waals surface area contributed by atoms with Crippen molar-refractivity contribution in [3.63, 3.8) is 0 Å². The van der Waals surface area contributed by atoms with Gasteiger partial charge in [-0.1, -0.05) is 30.3 Å². The lowest BCUT2D eigenvalue weighted by Gasteiger charge is -2.24. The van der Waals surface area contributed by atoms with Crippen LogP contribution in [0.15, 0.2) is 35.0 Å². The van der Waals surface area contributed by atoms with Gasteiger partial charge in [0.1, 0.15) is 0 Å². The minimum atomic E-state index is 0.0986. The van der Waals surface area contributed by atoms with E-state index < -0.39 is 0 Å². The lowest BCUT2D eigenvalue weighted by molar-refractivity contribution is -0.128. The van der Waals surface area contributed by atoms with Crippen LogP contribution in [-0.4, -0.2) is 57.3 Å². The highest BCUT2D eigenvalue weighted by molar-refractivity contribution is 5.75. The van der Waals surface area contributed by atoms with Crippen LogP contribution in [0.3, 0.4) is 0 Å². The second-order valence-electron chi connectivity index (χ2n) is 6.49. The maximum Gasteiger partial charge on any atom is 0.245 e. The number of aromatic nitrogens is 4. The zero-order valence-electron chi connectivity index (χ0n) is 15.1. The minimum Gasteiger partial charge on any atom is -0.363 e. The van der Waals surface area contributed by atoms with Gasteiger partial charge < -0.3 is 15.1 Å². The van der Waals surface area contributed by atoms with Crippen molar-refractivity contribution in [3.05, 3.63) is 35.9 Å². The Kier molecular flexibility index (Phi) is 4.82. The van der Waals surface area contributed by atoms with Gasteiger partial charge in [-0.15, -0.1) is 0 Å². The fraction of sp³-hybridized carbons (Fsp3) is 0.389. The lowest BCUT2D eigenvalue weighted by atomic mass is 10.2. The molecule has 0 saturated carbocycles. The molecule has 0 radical (unpaired) electrons. The standard InChI is InChI=1S/C18H21N7O2/c1-13(26)24-8-5-9-25(11-10-24)18-17(19-12-14-6-3-2-4-7-14)20-15-16(21-18)23-27-22-15/h2-4,6-7H,5,8-12H2,1H3,(H,19,20,22). The van der Waals surface area contributed by atoms with E-state index in [9.17, 15) is 4.79 Å². The van der Waals surface area contributed by atoms with Gasteiger partial charge in [-0.2, -0.15) is 0 Å². The summed E-state index contributed by atoms with van der Waals surface area (Å²) in [6, 6.07) is 10.1. The monoisotopic (exact) mass is 367 g/mol. The average molecular weight is 367 g/mol. The van der Waals surface area contributed by atoms with E-state index in [1.165, 1.54) is 0 Å². The van der Waals surface area contributed by atoms with Gasteiger partial charge in [-0.3, -0.25) is 4.79 Å². The van der Waals surface area contributed by atoms with E-state index in [2.05, 4.69) is 30.5 Å². The first-order valence-corrected chi connectivity index (χ1v) is 8.99. The second kappa shape index (κ2) is 7.56. The van der Waals surface area contributed by atoms with Crippen molar-refractivity contribution in [2.45, 2.75) is 19.9 Å². The number of nitrogens with zero attached hydrogens (tertiary/aromatic N) is 6. The predicted molar refractivity (Wildman–Crippen MR) is 100 cm³/mol. The van der Waals surface area contributed by atoms with E-state index in [0.29, 0.717) is 42.6 Å². The molecule has 9 heteroatoms. The molecule has 0 spiro atoms. The lowest BCUT2D eigenvalue weighted by Crippen LogP contribution is -2.34. The molecule has 9 nitrogen and oxygen atoms in total. The fourth-order valence-electron chi connectivity index (χ4n) is 3.19. The molecule has 1 N–H and O–H groups in total. The van der Waals surface area contributed by atoms with Crippen LogP contribution in [0.25, 0.3) is 11.3 Å². The molecule has 27 heavy (non-hydrogen) atoms. The van der Waals surface area contributed by atoms with Crippen LogP contribution in [0.5, 0.6) is 0 Å². The summed E-state index contributed by atoms with van der Waals surface area (Å²) in [5, 5.41) is 11.0. The number of carbonyl (C=O) groups is 1. The topological polar surface area (TPSA) is 100 Å². The molecule has 2 aromatic heterocycles. The van der Waals surface area contributed by atoms with E-state index in [1.54, 1.807) is 6.92 Å². The first-order valence-electron chi connectivity index (χ1n) is 8.99.